The third kappa shape index (κ3) is 4.77. The maximum atomic E-state index is 13.0. The summed E-state index contributed by atoms with van der Waals surface area (Å²) in [6.07, 6.45) is 4.05. The Kier molecular flexibility index (Phi) is 6.50. The molecule has 0 radical (unpaired) electrons. The second kappa shape index (κ2) is 9.72. The van der Waals surface area contributed by atoms with Crippen molar-refractivity contribution in [3.63, 3.8) is 0 Å². The molecule has 2 aromatic carbocycles. The number of carboxylic acid groups (broad SMARTS) is 1. The van der Waals surface area contributed by atoms with Gasteiger partial charge < -0.3 is 20.1 Å². The molecule has 3 aliphatic rings. The zero-order valence-corrected chi connectivity index (χ0v) is 20.0. The van der Waals surface area contributed by atoms with Crippen LogP contribution in [0.2, 0.25) is 0 Å². The minimum absolute atomic E-state index is 0.00120. The van der Waals surface area contributed by atoms with Crippen LogP contribution in [0.15, 0.2) is 48.5 Å². The molecular weight excluding hydrogens is 444 g/mol. The molecule has 2 aromatic rings. The Balaban J connectivity index is 1.19. The number of benzene rings is 2. The topological polar surface area (TPSA) is 95.9 Å². The number of ether oxygens (including phenoxy) is 1. The van der Waals surface area contributed by atoms with Crippen LogP contribution < -0.4 is 5.32 Å². The summed E-state index contributed by atoms with van der Waals surface area (Å²) < 4.78 is 5.70. The van der Waals surface area contributed by atoms with Crippen molar-refractivity contribution in [2.45, 2.75) is 69.5 Å². The Morgan fingerprint density at radius 2 is 1.63 bits per heavy atom. The zero-order valence-electron chi connectivity index (χ0n) is 20.0. The van der Waals surface area contributed by atoms with Gasteiger partial charge in [-0.25, -0.2) is 9.59 Å². The predicted octanol–water partition coefficient (Wildman–Crippen LogP) is 4.55. The van der Waals surface area contributed by atoms with Crippen LogP contribution >= 0.6 is 0 Å². The van der Waals surface area contributed by atoms with Crippen LogP contribution in [0.4, 0.5) is 4.79 Å². The van der Waals surface area contributed by atoms with E-state index in [0.717, 1.165) is 32.1 Å². The van der Waals surface area contributed by atoms with E-state index in [0.29, 0.717) is 0 Å². The highest BCUT2D eigenvalue weighted by atomic mass is 16.5. The summed E-state index contributed by atoms with van der Waals surface area (Å²) in [4.78, 5) is 38.8. The van der Waals surface area contributed by atoms with E-state index in [1.165, 1.54) is 27.2 Å². The molecule has 35 heavy (non-hydrogen) atoms. The molecule has 7 heteroatoms. The highest BCUT2D eigenvalue weighted by Gasteiger charge is 2.40. The van der Waals surface area contributed by atoms with Gasteiger partial charge >= 0.3 is 12.1 Å². The number of nitrogens with zero attached hydrogens (tertiary/aromatic N) is 1. The lowest BCUT2D eigenvalue weighted by molar-refractivity contribution is -0.150. The van der Waals surface area contributed by atoms with E-state index in [1.807, 2.05) is 24.3 Å². The molecule has 5 rings (SSSR count). The molecule has 184 valence electrons. The first kappa shape index (κ1) is 23.4. The van der Waals surface area contributed by atoms with Crippen molar-refractivity contribution in [1.29, 1.82) is 0 Å². The monoisotopic (exact) mass is 476 g/mol. The number of carbonyl (C=O) groups is 3. The van der Waals surface area contributed by atoms with Crippen molar-refractivity contribution in [3.8, 4) is 11.1 Å². The number of nitrogens with one attached hydrogen (secondary N) is 1. The maximum Gasteiger partial charge on any atom is 0.407 e. The molecule has 0 spiro atoms. The fraction of sp³-hybridized carbons (Fsp3) is 0.464. The molecule has 2 saturated carbocycles. The third-order valence-electron chi connectivity index (χ3n) is 7.75. The van der Waals surface area contributed by atoms with Gasteiger partial charge in [0.05, 0.1) is 0 Å². The van der Waals surface area contributed by atoms with Gasteiger partial charge in [-0.1, -0.05) is 55.0 Å². The smallest absolute Gasteiger partial charge is 0.407 e. The van der Waals surface area contributed by atoms with E-state index in [9.17, 15) is 19.5 Å². The van der Waals surface area contributed by atoms with Gasteiger partial charge in [0.2, 0.25) is 5.91 Å². The highest BCUT2D eigenvalue weighted by Crippen LogP contribution is 2.44. The number of hydrogen-bond acceptors (Lipinski definition) is 4. The Morgan fingerprint density at radius 1 is 1.00 bits per heavy atom. The molecule has 0 aromatic heterocycles. The molecule has 0 heterocycles. The lowest BCUT2D eigenvalue weighted by Gasteiger charge is -2.29. The van der Waals surface area contributed by atoms with Gasteiger partial charge in [0.15, 0.2) is 0 Å². The van der Waals surface area contributed by atoms with Crippen LogP contribution in [0.1, 0.15) is 62.5 Å². The summed E-state index contributed by atoms with van der Waals surface area (Å²) in [6, 6.07) is 15.5. The van der Waals surface area contributed by atoms with Gasteiger partial charge in [0.25, 0.3) is 0 Å². The van der Waals surface area contributed by atoms with Crippen LogP contribution in [0.3, 0.4) is 0 Å². The van der Waals surface area contributed by atoms with Crippen LogP contribution in [-0.2, 0) is 14.3 Å². The van der Waals surface area contributed by atoms with Crippen molar-refractivity contribution in [2.24, 2.45) is 5.92 Å². The van der Waals surface area contributed by atoms with E-state index in [4.69, 9.17) is 4.74 Å². The SMILES string of the molecule is CC(C(=O)O)N(C(=O)CC1CCCC1NC(=O)OCC1c2ccccc2-c2ccccc21)C1CC1. The number of carboxylic acids is 1. The Bertz CT molecular complexity index is 1080. The standard InChI is InChI=1S/C28H32N2O5/c1-17(27(32)33)30(19-13-14-19)26(31)15-18-7-6-12-25(18)29-28(34)35-16-24-22-10-4-2-8-20(22)21-9-3-5-11-23(21)24/h2-5,8-11,17-19,24-25H,6-7,12-16H2,1H3,(H,29,34)(H,32,33). The van der Waals surface area contributed by atoms with E-state index in [-0.39, 0.29) is 42.9 Å². The summed E-state index contributed by atoms with van der Waals surface area (Å²) in [6.45, 7) is 1.82. The minimum Gasteiger partial charge on any atom is -0.480 e. The average molecular weight is 477 g/mol. The largest absolute Gasteiger partial charge is 0.480 e. The molecule has 3 aliphatic carbocycles. The Hall–Kier alpha value is -3.35. The molecule has 2 N–H and O–H groups in total. The summed E-state index contributed by atoms with van der Waals surface area (Å²) in [5.74, 6) is -1.12. The first-order valence-electron chi connectivity index (χ1n) is 12.6. The number of carbonyl (C=O) groups excluding carboxylic acids is 2. The van der Waals surface area contributed by atoms with Crippen LogP contribution in [0, 0.1) is 5.92 Å². The van der Waals surface area contributed by atoms with Gasteiger partial charge in [-0.15, -0.1) is 0 Å². The second-order valence-corrected chi connectivity index (χ2v) is 10.0. The minimum atomic E-state index is -0.981. The molecule has 0 saturated heterocycles. The lowest BCUT2D eigenvalue weighted by atomic mass is 9.98. The van der Waals surface area contributed by atoms with E-state index in [2.05, 4.69) is 29.6 Å². The van der Waals surface area contributed by atoms with Crippen molar-refractivity contribution in [3.05, 3.63) is 59.7 Å². The van der Waals surface area contributed by atoms with Crippen LogP contribution in [0.5, 0.6) is 0 Å². The van der Waals surface area contributed by atoms with Gasteiger partial charge in [-0.3, -0.25) is 4.79 Å². The van der Waals surface area contributed by atoms with Crippen molar-refractivity contribution >= 4 is 18.0 Å². The van der Waals surface area contributed by atoms with Gasteiger partial charge in [-0.2, -0.15) is 0 Å². The molecule has 0 bridgehead atoms. The maximum absolute atomic E-state index is 13.0. The van der Waals surface area contributed by atoms with Crippen molar-refractivity contribution in [2.75, 3.05) is 6.61 Å². The lowest BCUT2D eigenvalue weighted by Crippen LogP contribution is -2.46. The number of alkyl carbamates (subject to hydrolysis) is 1. The summed E-state index contributed by atoms with van der Waals surface area (Å²) in [5.41, 5.74) is 4.70. The fourth-order valence-corrected chi connectivity index (χ4v) is 5.80. The number of rotatable bonds is 8. The highest BCUT2D eigenvalue weighted by molar-refractivity contribution is 5.84. The van der Waals surface area contributed by atoms with Crippen molar-refractivity contribution in [1.82, 2.24) is 10.2 Å². The fourth-order valence-electron chi connectivity index (χ4n) is 5.80. The Morgan fingerprint density at radius 3 is 2.23 bits per heavy atom. The molecule has 7 nitrogen and oxygen atoms in total. The van der Waals surface area contributed by atoms with Crippen LogP contribution in [-0.4, -0.2) is 52.7 Å². The quantitative estimate of drug-likeness (QED) is 0.583. The predicted molar refractivity (Wildman–Crippen MR) is 131 cm³/mol. The molecule has 0 aliphatic heterocycles. The molecule has 2 amide bonds. The second-order valence-electron chi connectivity index (χ2n) is 10.0. The molecule has 3 atom stereocenters. The van der Waals surface area contributed by atoms with Gasteiger partial charge in [-0.05, 0) is 60.8 Å². The molecular formula is C28H32N2O5. The molecule has 3 unspecified atom stereocenters. The number of amides is 2. The normalized spacial score (nSPS) is 21.6. The first-order valence-corrected chi connectivity index (χ1v) is 12.6. The van der Waals surface area contributed by atoms with Gasteiger partial charge in [0, 0.05) is 24.4 Å². The van der Waals surface area contributed by atoms with E-state index < -0.39 is 18.1 Å². The van der Waals surface area contributed by atoms with Gasteiger partial charge in [0.1, 0.15) is 12.6 Å². The molecule has 2 fully saturated rings. The number of hydrogen-bond donors (Lipinski definition) is 2. The van der Waals surface area contributed by atoms with Crippen LogP contribution in [0.25, 0.3) is 11.1 Å². The van der Waals surface area contributed by atoms with Crippen molar-refractivity contribution < 1.29 is 24.2 Å². The Labute approximate surface area is 205 Å². The number of aliphatic carboxylic acids is 1. The first-order chi connectivity index (χ1) is 16.9. The summed E-state index contributed by atoms with van der Waals surface area (Å²) >= 11 is 0. The zero-order chi connectivity index (χ0) is 24.5. The summed E-state index contributed by atoms with van der Waals surface area (Å²) in [5, 5.41) is 12.4. The summed E-state index contributed by atoms with van der Waals surface area (Å²) in [7, 11) is 0. The van der Waals surface area contributed by atoms with E-state index in [1.54, 1.807) is 6.92 Å². The third-order valence-corrected chi connectivity index (χ3v) is 7.75. The average Bonchev–Trinajstić information content (AvgIpc) is 3.51. The van der Waals surface area contributed by atoms with E-state index >= 15 is 0 Å². The number of fused-ring (bicyclic) bond motifs is 3.